The molecule has 0 unspecified atom stereocenters. The molecule has 0 amide bonds. The summed E-state index contributed by atoms with van der Waals surface area (Å²) in [5, 5.41) is 3.27. The molecule has 0 bridgehead atoms. The van der Waals surface area contributed by atoms with E-state index in [1.165, 1.54) is 37.8 Å². The first-order valence-corrected chi connectivity index (χ1v) is 11.7. The smallest absolute Gasteiger partial charge is 1.00 e. The maximum Gasteiger partial charge on any atom is 4.00 e. The van der Waals surface area contributed by atoms with Crippen LogP contribution in [0.1, 0.15) is 39.5 Å². The zero-order chi connectivity index (χ0) is 14.5. The molecular formula is C18H30Cl2Si2Zr. The third-order valence-corrected chi connectivity index (χ3v) is 7.41. The SMILES string of the molecule is CCCC[SiH2][c-]1cccc1.CCCC[SiH2][c-]1cccc1.[Cl-].[Cl-].[Zr+4]. The molecule has 0 aromatic heterocycles. The van der Waals surface area contributed by atoms with Gasteiger partial charge in [-0.2, -0.15) is 34.6 Å². The molecule has 128 valence electrons. The van der Waals surface area contributed by atoms with E-state index >= 15 is 0 Å². The van der Waals surface area contributed by atoms with Gasteiger partial charge < -0.3 is 24.8 Å². The first-order chi connectivity index (χ1) is 9.86. The van der Waals surface area contributed by atoms with E-state index in [0.717, 1.165) is 0 Å². The summed E-state index contributed by atoms with van der Waals surface area (Å²) < 4.78 is 0. The monoisotopic (exact) mass is 462 g/mol. The summed E-state index contributed by atoms with van der Waals surface area (Å²) in [5.41, 5.74) is 0. The second-order valence-electron chi connectivity index (χ2n) is 5.50. The van der Waals surface area contributed by atoms with Crippen LogP contribution >= 0.6 is 0 Å². The summed E-state index contributed by atoms with van der Waals surface area (Å²) >= 11 is 0. The molecule has 0 radical (unpaired) electrons. The van der Waals surface area contributed by atoms with Gasteiger partial charge in [-0.25, -0.2) is 24.3 Å². The Hall–Kier alpha value is 0.597. The molecule has 2 aromatic carbocycles. The first-order valence-electron chi connectivity index (χ1n) is 8.28. The van der Waals surface area contributed by atoms with Crippen LogP contribution in [0.25, 0.3) is 0 Å². The largest absolute Gasteiger partial charge is 4.00 e. The van der Waals surface area contributed by atoms with E-state index in [2.05, 4.69) is 62.4 Å². The van der Waals surface area contributed by atoms with E-state index in [9.17, 15) is 0 Å². The van der Waals surface area contributed by atoms with Crippen molar-refractivity contribution in [3.05, 3.63) is 48.5 Å². The van der Waals surface area contributed by atoms with Crippen LogP contribution in [0, 0.1) is 0 Å². The topological polar surface area (TPSA) is 0 Å². The minimum Gasteiger partial charge on any atom is -1.00 e. The fourth-order valence-corrected chi connectivity index (χ4v) is 5.85. The van der Waals surface area contributed by atoms with Gasteiger partial charge in [-0.15, -0.1) is 0 Å². The standard InChI is InChI=1S/2C9H15Si.2ClH.Zr/c2*1-2-3-8-10-9-6-4-5-7-9;;;/h2*4-7H,2-3,8,10H2,1H3;2*1H;/q2*-1;;;+4/p-2. The molecule has 0 aliphatic carbocycles. The van der Waals surface area contributed by atoms with Gasteiger partial charge in [0.15, 0.2) is 0 Å². The molecule has 23 heavy (non-hydrogen) atoms. The van der Waals surface area contributed by atoms with E-state index < -0.39 is 0 Å². The van der Waals surface area contributed by atoms with E-state index in [1.54, 1.807) is 10.4 Å². The summed E-state index contributed by atoms with van der Waals surface area (Å²) in [6.45, 7) is 4.53. The molecule has 0 aliphatic rings. The van der Waals surface area contributed by atoms with Crippen LogP contribution in [-0.2, 0) is 26.2 Å². The van der Waals surface area contributed by atoms with Gasteiger partial charge in [0.05, 0.1) is 0 Å². The van der Waals surface area contributed by atoms with Gasteiger partial charge in [-0.1, -0.05) is 51.6 Å². The predicted octanol–water partition coefficient (Wildman–Crippen LogP) is -3.16. The Morgan fingerprint density at radius 2 is 0.957 bits per heavy atom. The zero-order valence-corrected chi connectivity index (χ0v) is 21.3. The molecule has 0 atom stereocenters. The Labute approximate surface area is 179 Å². The molecule has 0 heterocycles. The van der Waals surface area contributed by atoms with E-state index in [4.69, 9.17) is 0 Å². The maximum atomic E-state index is 2.27. The number of halogens is 2. The van der Waals surface area contributed by atoms with Gasteiger partial charge in [0.2, 0.25) is 0 Å². The fourth-order valence-electron chi connectivity index (χ4n) is 2.32. The van der Waals surface area contributed by atoms with Crippen molar-refractivity contribution >= 4 is 29.4 Å². The van der Waals surface area contributed by atoms with Crippen LogP contribution in [0.2, 0.25) is 12.1 Å². The molecule has 2 aromatic rings. The van der Waals surface area contributed by atoms with Crippen molar-refractivity contribution in [2.75, 3.05) is 0 Å². The number of rotatable bonds is 8. The van der Waals surface area contributed by atoms with Crippen LogP contribution in [-0.4, -0.2) is 19.0 Å². The summed E-state index contributed by atoms with van der Waals surface area (Å²) in [4.78, 5) is 0. The van der Waals surface area contributed by atoms with Crippen LogP contribution in [0.3, 0.4) is 0 Å². The second-order valence-corrected chi connectivity index (χ2v) is 9.55. The number of unbranched alkanes of at least 4 members (excludes halogenated alkanes) is 2. The van der Waals surface area contributed by atoms with Crippen molar-refractivity contribution < 1.29 is 51.0 Å². The summed E-state index contributed by atoms with van der Waals surface area (Å²) in [7, 11) is 0.240. The number of hydrogen-bond acceptors (Lipinski definition) is 0. The second kappa shape index (κ2) is 20.6. The van der Waals surface area contributed by atoms with Gasteiger partial charge in [0.1, 0.15) is 0 Å². The third-order valence-electron chi connectivity index (χ3n) is 3.60. The minimum atomic E-state index is 0. The van der Waals surface area contributed by atoms with E-state index in [-0.39, 0.29) is 70.1 Å². The predicted molar refractivity (Wildman–Crippen MR) is 99.9 cm³/mol. The minimum absolute atomic E-state index is 0. The van der Waals surface area contributed by atoms with Crippen LogP contribution in [0.5, 0.6) is 0 Å². The Morgan fingerprint density at radius 1 is 0.652 bits per heavy atom. The van der Waals surface area contributed by atoms with Crippen LogP contribution in [0.4, 0.5) is 0 Å². The van der Waals surface area contributed by atoms with Gasteiger partial charge in [0, 0.05) is 0 Å². The molecule has 0 N–H and O–H groups in total. The Balaban J connectivity index is -0.000000308. The van der Waals surface area contributed by atoms with Gasteiger partial charge in [-0.3, -0.25) is 0 Å². The van der Waals surface area contributed by atoms with Gasteiger partial charge >= 0.3 is 26.2 Å². The Morgan fingerprint density at radius 3 is 1.22 bits per heavy atom. The van der Waals surface area contributed by atoms with Crippen molar-refractivity contribution in [3.63, 3.8) is 0 Å². The molecule has 0 nitrogen and oxygen atoms in total. The molecule has 5 heteroatoms. The Kier molecular flexibility index (Phi) is 25.5. The molecule has 2 rings (SSSR count). The van der Waals surface area contributed by atoms with Crippen LogP contribution < -0.4 is 35.2 Å². The van der Waals surface area contributed by atoms with Crippen molar-refractivity contribution in [2.45, 2.75) is 51.6 Å². The third kappa shape index (κ3) is 15.8. The van der Waals surface area contributed by atoms with Crippen molar-refractivity contribution in [1.82, 2.24) is 0 Å². The molecule has 0 saturated heterocycles. The van der Waals surface area contributed by atoms with E-state index in [1.807, 2.05) is 0 Å². The normalized spacial score (nSPS) is 9.83. The molecule has 0 fully saturated rings. The molecular weight excluding hydrogens is 434 g/mol. The fraction of sp³-hybridized carbons (Fsp3) is 0.444. The van der Waals surface area contributed by atoms with Crippen molar-refractivity contribution in [1.29, 1.82) is 0 Å². The summed E-state index contributed by atoms with van der Waals surface area (Å²) in [6.07, 6.45) is 5.57. The maximum absolute atomic E-state index is 2.27. The zero-order valence-electron chi connectivity index (χ0n) is 14.5. The van der Waals surface area contributed by atoms with Crippen molar-refractivity contribution in [3.8, 4) is 0 Å². The van der Waals surface area contributed by atoms with Crippen molar-refractivity contribution in [2.24, 2.45) is 0 Å². The van der Waals surface area contributed by atoms with Gasteiger partial charge in [-0.05, 0) is 19.0 Å². The van der Waals surface area contributed by atoms with Gasteiger partial charge in [0.25, 0.3) is 0 Å². The summed E-state index contributed by atoms with van der Waals surface area (Å²) in [5.74, 6) is 0. The Bertz CT molecular complexity index is 362. The van der Waals surface area contributed by atoms with E-state index in [0.29, 0.717) is 0 Å². The molecule has 0 spiro atoms. The summed E-state index contributed by atoms with van der Waals surface area (Å²) in [6, 6.07) is 20.6. The molecule has 0 aliphatic heterocycles. The number of hydrogen-bond donors (Lipinski definition) is 0. The first kappa shape index (κ1) is 28.4. The molecule has 0 saturated carbocycles. The quantitative estimate of drug-likeness (QED) is 0.220. The van der Waals surface area contributed by atoms with Crippen LogP contribution in [0.15, 0.2) is 48.5 Å². The average Bonchev–Trinajstić information content (AvgIpc) is 3.13. The average molecular weight is 465 g/mol.